The average molecular weight is 403 g/mol. The molecule has 6 nitrogen and oxygen atoms in total. The first-order valence-electron chi connectivity index (χ1n) is 8.58. The topological polar surface area (TPSA) is 71.5 Å². The molecule has 3 aromatic rings. The van der Waals surface area contributed by atoms with E-state index in [0.29, 0.717) is 23.4 Å². The second-order valence-electron chi connectivity index (χ2n) is 6.23. The molecule has 0 unspecified atom stereocenters. The summed E-state index contributed by atoms with van der Waals surface area (Å²) in [6.45, 7) is 0.456. The number of fused-ring (bicyclic) bond motifs is 1. The molecule has 1 aromatic heterocycles. The van der Waals surface area contributed by atoms with Crippen LogP contribution >= 0.6 is 11.3 Å². The molecular formula is C19H15F2N3O3S. The first kappa shape index (κ1) is 18.3. The third-order valence-corrected chi connectivity index (χ3v) is 5.20. The number of carbonyl (C=O) groups excluding carboxylic acids is 2. The van der Waals surface area contributed by atoms with Gasteiger partial charge in [-0.2, -0.15) is 0 Å². The molecule has 4 rings (SSSR count). The van der Waals surface area contributed by atoms with Crippen LogP contribution in [0.4, 0.5) is 19.6 Å². The molecule has 0 atom stereocenters. The highest BCUT2D eigenvalue weighted by atomic mass is 32.1. The van der Waals surface area contributed by atoms with Crippen LogP contribution in [-0.2, 0) is 9.59 Å². The van der Waals surface area contributed by atoms with E-state index < -0.39 is 17.5 Å². The fourth-order valence-electron chi connectivity index (χ4n) is 2.92. The Morgan fingerprint density at radius 3 is 2.68 bits per heavy atom. The number of hydrogen-bond acceptors (Lipinski definition) is 5. The summed E-state index contributed by atoms with van der Waals surface area (Å²) in [5, 5.41) is 2.78. The van der Waals surface area contributed by atoms with Crippen LogP contribution in [0.5, 0.6) is 5.75 Å². The Morgan fingerprint density at radius 2 is 1.96 bits per heavy atom. The van der Waals surface area contributed by atoms with Crippen molar-refractivity contribution in [2.24, 2.45) is 0 Å². The standard InChI is InChI=1S/C19H15F2N3O3S/c20-13-8-15-16(9-14(13)21)28-19(22-15)23-17(25)10-27-12-5-3-11(4-6-12)24-7-1-2-18(24)26/h3-6,8-9H,1-2,7,10H2,(H,22,23,25). The summed E-state index contributed by atoms with van der Waals surface area (Å²) in [5.74, 6) is -1.81. The number of nitrogens with one attached hydrogen (secondary N) is 1. The summed E-state index contributed by atoms with van der Waals surface area (Å²) >= 11 is 1.04. The monoisotopic (exact) mass is 403 g/mol. The molecule has 1 fully saturated rings. The van der Waals surface area contributed by atoms with Gasteiger partial charge in [-0.25, -0.2) is 13.8 Å². The van der Waals surface area contributed by atoms with Gasteiger partial charge in [-0.05, 0) is 36.8 Å². The van der Waals surface area contributed by atoms with Crippen molar-refractivity contribution in [3.05, 3.63) is 48.0 Å². The number of ether oxygens (including phenoxy) is 1. The summed E-state index contributed by atoms with van der Waals surface area (Å²) in [5.41, 5.74) is 1.07. The zero-order chi connectivity index (χ0) is 19.7. The SMILES string of the molecule is O=C(COc1ccc(N2CCCC2=O)cc1)Nc1nc2cc(F)c(F)cc2s1. The van der Waals surface area contributed by atoms with Gasteiger partial charge in [-0.1, -0.05) is 11.3 Å². The van der Waals surface area contributed by atoms with Gasteiger partial charge < -0.3 is 9.64 Å². The maximum Gasteiger partial charge on any atom is 0.264 e. The van der Waals surface area contributed by atoms with E-state index in [0.717, 1.165) is 35.6 Å². The van der Waals surface area contributed by atoms with Crippen LogP contribution in [-0.4, -0.2) is 29.9 Å². The number of benzene rings is 2. The fraction of sp³-hybridized carbons (Fsp3) is 0.211. The van der Waals surface area contributed by atoms with E-state index >= 15 is 0 Å². The first-order chi connectivity index (χ1) is 13.5. The number of rotatable bonds is 5. The number of amides is 2. The minimum absolute atomic E-state index is 0.101. The molecule has 2 amide bonds. The molecule has 0 saturated carbocycles. The highest BCUT2D eigenvalue weighted by Crippen LogP contribution is 2.28. The predicted octanol–water partition coefficient (Wildman–Crippen LogP) is 3.72. The highest BCUT2D eigenvalue weighted by Gasteiger charge is 2.21. The second kappa shape index (κ2) is 7.51. The third-order valence-electron chi connectivity index (χ3n) is 4.27. The molecule has 0 radical (unpaired) electrons. The molecule has 144 valence electrons. The van der Waals surface area contributed by atoms with E-state index in [1.54, 1.807) is 29.2 Å². The number of halogens is 2. The second-order valence-corrected chi connectivity index (χ2v) is 7.26. The molecule has 2 heterocycles. The smallest absolute Gasteiger partial charge is 0.264 e. The number of aromatic nitrogens is 1. The van der Waals surface area contributed by atoms with E-state index in [-0.39, 0.29) is 23.2 Å². The van der Waals surface area contributed by atoms with E-state index in [4.69, 9.17) is 4.74 Å². The highest BCUT2D eigenvalue weighted by molar-refractivity contribution is 7.22. The van der Waals surface area contributed by atoms with Crippen LogP contribution in [0.1, 0.15) is 12.8 Å². The number of anilines is 2. The van der Waals surface area contributed by atoms with E-state index in [2.05, 4.69) is 10.3 Å². The Labute approximate surface area is 162 Å². The van der Waals surface area contributed by atoms with Crippen LogP contribution in [0, 0.1) is 11.6 Å². The molecule has 1 N–H and O–H groups in total. The van der Waals surface area contributed by atoms with Gasteiger partial charge in [0.25, 0.3) is 5.91 Å². The van der Waals surface area contributed by atoms with Crippen molar-refractivity contribution < 1.29 is 23.1 Å². The van der Waals surface area contributed by atoms with Gasteiger partial charge in [-0.15, -0.1) is 0 Å². The van der Waals surface area contributed by atoms with E-state index in [1.807, 2.05) is 0 Å². The minimum atomic E-state index is -0.988. The van der Waals surface area contributed by atoms with Gasteiger partial charge in [0.2, 0.25) is 5.91 Å². The average Bonchev–Trinajstić information content (AvgIpc) is 3.26. The third kappa shape index (κ3) is 3.79. The molecule has 0 aliphatic carbocycles. The van der Waals surface area contributed by atoms with Crippen LogP contribution in [0.3, 0.4) is 0 Å². The Hall–Kier alpha value is -3.07. The lowest BCUT2D eigenvalue weighted by Crippen LogP contribution is -2.23. The Kier molecular flexibility index (Phi) is 4.91. The van der Waals surface area contributed by atoms with Crippen LogP contribution in [0.25, 0.3) is 10.2 Å². The van der Waals surface area contributed by atoms with Crippen molar-refractivity contribution in [3.8, 4) is 5.75 Å². The van der Waals surface area contributed by atoms with Crippen molar-refractivity contribution in [1.29, 1.82) is 0 Å². The molecule has 1 saturated heterocycles. The largest absolute Gasteiger partial charge is 0.484 e. The van der Waals surface area contributed by atoms with Gasteiger partial charge in [0.15, 0.2) is 23.4 Å². The number of thiazole rings is 1. The molecule has 0 spiro atoms. The number of hydrogen-bond donors (Lipinski definition) is 1. The Morgan fingerprint density at radius 1 is 1.21 bits per heavy atom. The van der Waals surface area contributed by atoms with Gasteiger partial charge in [0.05, 0.1) is 10.2 Å². The van der Waals surface area contributed by atoms with Gasteiger partial charge in [0, 0.05) is 24.7 Å². The minimum Gasteiger partial charge on any atom is -0.484 e. The lowest BCUT2D eigenvalue weighted by Gasteiger charge is -2.16. The van der Waals surface area contributed by atoms with Gasteiger partial charge in [0.1, 0.15) is 5.75 Å². The van der Waals surface area contributed by atoms with Crippen molar-refractivity contribution >= 4 is 44.2 Å². The fourth-order valence-corrected chi connectivity index (χ4v) is 3.81. The maximum absolute atomic E-state index is 13.3. The zero-order valence-electron chi connectivity index (χ0n) is 14.6. The van der Waals surface area contributed by atoms with Crippen LogP contribution in [0.2, 0.25) is 0 Å². The number of carbonyl (C=O) groups is 2. The summed E-state index contributed by atoms with van der Waals surface area (Å²) < 4.78 is 32.4. The maximum atomic E-state index is 13.3. The van der Waals surface area contributed by atoms with E-state index in [9.17, 15) is 18.4 Å². The van der Waals surface area contributed by atoms with Crippen molar-refractivity contribution in [1.82, 2.24) is 4.98 Å². The summed E-state index contributed by atoms with van der Waals surface area (Å²) in [7, 11) is 0. The molecule has 1 aliphatic rings. The molecule has 28 heavy (non-hydrogen) atoms. The normalized spacial score (nSPS) is 13.9. The molecular weight excluding hydrogens is 388 g/mol. The summed E-state index contributed by atoms with van der Waals surface area (Å²) in [6, 6.07) is 8.95. The van der Waals surface area contributed by atoms with Crippen molar-refractivity contribution in [3.63, 3.8) is 0 Å². The quantitative estimate of drug-likeness (QED) is 0.705. The van der Waals surface area contributed by atoms with Gasteiger partial charge >= 0.3 is 0 Å². The van der Waals surface area contributed by atoms with E-state index in [1.165, 1.54) is 0 Å². The van der Waals surface area contributed by atoms with Crippen molar-refractivity contribution in [2.45, 2.75) is 12.8 Å². The predicted molar refractivity (Wildman–Crippen MR) is 102 cm³/mol. The molecule has 0 bridgehead atoms. The summed E-state index contributed by atoms with van der Waals surface area (Å²) in [6.07, 6.45) is 1.41. The molecule has 9 heteroatoms. The first-order valence-corrected chi connectivity index (χ1v) is 9.40. The lowest BCUT2D eigenvalue weighted by atomic mass is 10.3. The number of nitrogens with zero attached hydrogens (tertiary/aromatic N) is 2. The van der Waals surface area contributed by atoms with Gasteiger partial charge in [-0.3, -0.25) is 14.9 Å². The van der Waals surface area contributed by atoms with Crippen LogP contribution in [0.15, 0.2) is 36.4 Å². The lowest BCUT2D eigenvalue weighted by molar-refractivity contribution is -0.118. The molecule has 2 aromatic carbocycles. The van der Waals surface area contributed by atoms with Crippen molar-refractivity contribution in [2.75, 3.05) is 23.4 Å². The van der Waals surface area contributed by atoms with Crippen LogP contribution < -0.4 is 15.0 Å². The Bertz CT molecular complexity index is 1010. The summed E-state index contributed by atoms with van der Waals surface area (Å²) in [4.78, 5) is 29.6. The molecule has 1 aliphatic heterocycles. The zero-order valence-corrected chi connectivity index (χ0v) is 15.4. The Balaban J connectivity index is 1.35.